The number of halogens is 2. The predicted octanol–water partition coefficient (Wildman–Crippen LogP) is 3.20. The van der Waals surface area contributed by atoms with Crippen LogP contribution in [0.2, 0.25) is 0 Å². The molecule has 30 heavy (non-hydrogen) atoms. The first-order chi connectivity index (χ1) is 14.4. The van der Waals surface area contributed by atoms with Gasteiger partial charge in [0.2, 0.25) is 0 Å². The van der Waals surface area contributed by atoms with Gasteiger partial charge in [0.25, 0.3) is 18.1 Å². The molecule has 1 aliphatic rings. The van der Waals surface area contributed by atoms with E-state index in [0.29, 0.717) is 11.5 Å². The molecule has 4 rings (SSSR count). The number of carbonyl (C=O) groups excluding carboxylic acids is 1. The van der Waals surface area contributed by atoms with Gasteiger partial charge in [0, 0.05) is 24.8 Å². The maximum absolute atomic E-state index is 12.2. The van der Waals surface area contributed by atoms with Crippen LogP contribution in [0.5, 0.6) is 5.75 Å². The standard InChI is InChI=1S/C14H16N2O2.C6H4F2N4/c1-10-4-6-16(7-5-10)14(18)11-2-3-13(17)12(8-11)9-15;7-5(8)4-1-2-12-6(11-4)9-3-10-12/h2-3,8,10,17H,4-7H2,1H3;1-3,5H. The molecule has 3 aromatic rings. The SMILES string of the molecule is CC1CCN(C(=O)c2ccc(O)c(C#N)c2)CC1.FC(F)c1ccn2ncnc2n1. The van der Waals surface area contributed by atoms with Crippen LogP contribution in [0.4, 0.5) is 8.78 Å². The summed E-state index contributed by atoms with van der Waals surface area (Å²) in [4.78, 5) is 21.3. The van der Waals surface area contributed by atoms with Gasteiger partial charge in [-0.1, -0.05) is 6.92 Å². The van der Waals surface area contributed by atoms with Crippen molar-refractivity contribution in [3.05, 3.63) is 53.6 Å². The first-order valence-electron chi connectivity index (χ1n) is 9.36. The number of nitrogens with zero attached hydrogens (tertiary/aromatic N) is 6. The van der Waals surface area contributed by atoms with Crippen molar-refractivity contribution in [3.8, 4) is 11.8 Å². The number of rotatable bonds is 2. The summed E-state index contributed by atoms with van der Waals surface area (Å²) in [6.45, 7) is 3.72. The van der Waals surface area contributed by atoms with Gasteiger partial charge in [0.15, 0.2) is 0 Å². The Kier molecular flexibility index (Phi) is 6.51. The molecule has 8 nitrogen and oxygen atoms in total. The Labute approximate surface area is 171 Å². The van der Waals surface area contributed by atoms with Crippen LogP contribution >= 0.6 is 0 Å². The molecule has 1 saturated heterocycles. The Balaban J connectivity index is 0.000000184. The van der Waals surface area contributed by atoms with Crippen molar-refractivity contribution in [2.45, 2.75) is 26.2 Å². The van der Waals surface area contributed by atoms with Gasteiger partial charge in [-0.3, -0.25) is 4.79 Å². The molecule has 0 aliphatic carbocycles. The summed E-state index contributed by atoms with van der Waals surface area (Å²) in [5.41, 5.74) is 0.334. The molecule has 0 atom stereocenters. The van der Waals surface area contributed by atoms with Gasteiger partial charge in [-0.2, -0.15) is 15.3 Å². The first kappa shape index (κ1) is 21.1. The second-order valence-electron chi connectivity index (χ2n) is 6.98. The predicted molar refractivity (Wildman–Crippen MR) is 103 cm³/mol. The minimum Gasteiger partial charge on any atom is -0.507 e. The van der Waals surface area contributed by atoms with Gasteiger partial charge < -0.3 is 10.0 Å². The lowest BCUT2D eigenvalue weighted by atomic mass is 9.98. The van der Waals surface area contributed by atoms with Gasteiger partial charge in [-0.05, 0) is 43.0 Å². The summed E-state index contributed by atoms with van der Waals surface area (Å²) < 4.78 is 25.5. The Hall–Kier alpha value is -3.61. The number of fused-ring (bicyclic) bond motifs is 1. The molecular weight excluding hydrogens is 394 g/mol. The quantitative estimate of drug-likeness (QED) is 0.690. The average molecular weight is 414 g/mol. The number of hydrogen-bond acceptors (Lipinski definition) is 6. The Morgan fingerprint density at radius 1 is 1.30 bits per heavy atom. The third-order valence-corrected chi connectivity index (χ3v) is 4.83. The van der Waals surface area contributed by atoms with Crippen molar-refractivity contribution < 1.29 is 18.7 Å². The van der Waals surface area contributed by atoms with E-state index in [-0.39, 0.29) is 28.7 Å². The fourth-order valence-corrected chi connectivity index (χ4v) is 3.00. The number of nitriles is 1. The Morgan fingerprint density at radius 2 is 2.03 bits per heavy atom. The number of amides is 1. The van der Waals surface area contributed by atoms with Crippen molar-refractivity contribution in [2.24, 2.45) is 5.92 Å². The van der Waals surface area contributed by atoms with Crippen LogP contribution in [0.1, 0.15) is 47.8 Å². The molecule has 0 unspecified atom stereocenters. The van der Waals surface area contributed by atoms with Crippen LogP contribution in [0.25, 0.3) is 5.78 Å². The van der Waals surface area contributed by atoms with Crippen LogP contribution in [0.15, 0.2) is 36.8 Å². The fraction of sp³-hybridized carbons (Fsp3) is 0.350. The van der Waals surface area contributed by atoms with Gasteiger partial charge >= 0.3 is 0 Å². The highest BCUT2D eigenvalue weighted by atomic mass is 19.3. The van der Waals surface area contributed by atoms with Crippen molar-refractivity contribution in [3.63, 3.8) is 0 Å². The van der Waals surface area contributed by atoms with Crippen LogP contribution in [0, 0.1) is 17.2 Å². The number of phenols is 1. The van der Waals surface area contributed by atoms with E-state index in [1.165, 1.54) is 35.2 Å². The molecule has 156 valence electrons. The average Bonchev–Trinajstić information content (AvgIpc) is 3.22. The summed E-state index contributed by atoms with van der Waals surface area (Å²) in [6, 6.07) is 7.52. The molecule has 2 aromatic heterocycles. The molecule has 1 amide bonds. The Bertz CT molecular complexity index is 1070. The molecule has 1 N–H and O–H groups in total. The molecule has 1 aromatic carbocycles. The maximum Gasteiger partial charge on any atom is 0.280 e. The first-order valence-corrected chi connectivity index (χ1v) is 9.36. The van der Waals surface area contributed by atoms with E-state index in [0.717, 1.165) is 25.9 Å². The molecule has 1 fully saturated rings. The summed E-state index contributed by atoms with van der Waals surface area (Å²) in [6.07, 6.45) is 2.14. The van der Waals surface area contributed by atoms with E-state index in [1.54, 1.807) is 6.07 Å². The van der Waals surface area contributed by atoms with E-state index in [1.807, 2.05) is 11.0 Å². The number of carbonyl (C=O) groups is 1. The number of aromatic hydroxyl groups is 1. The number of alkyl halides is 2. The normalized spacial score (nSPS) is 14.3. The molecule has 0 radical (unpaired) electrons. The van der Waals surface area contributed by atoms with Crippen molar-refractivity contribution in [1.29, 1.82) is 5.26 Å². The van der Waals surface area contributed by atoms with Crippen LogP contribution < -0.4 is 0 Å². The minimum absolute atomic E-state index is 0.0570. The molecule has 3 heterocycles. The van der Waals surface area contributed by atoms with Crippen LogP contribution in [0.3, 0.4) is 0 Å². The number of piperidine rings is 1. The number of benzene rings is 1. The highest BCUT2D eigenvalue weighted by Crippen LogP contribution is 2.21. The number of hydrogen-bond donors (Lipinski definition) is 1. The summed E-state index contributed by atoms with van der Waals surface area (Å²) in [5, 5.41) is 22.0. The molecule has 0 bridgehead atoms. The van der Waals surface area contributed by atoms with Gasteiger partial charge in [0.1, 0.15) is 23.8 Å². The maximum atomic E-state index is 12.2. The largest absolute Gasteiger partial charge is 0.507 e. The second-order valence-corrected chi connectivity index (χ2v) is 6.98. The topological polar surface area (TPSA) is 107 Å². The molecule has 0 spiro atoms. The summed E-state index contributed by atoms with van der Waals surface area (Å²) in [5.74, 6) is 0.719. The lowest BCUT2D eigenvalue weighted by molar-refractivity contribution is 0.0697. The molecule has 1 aliphatic heterocycles. The minimum atomic E-state index is -2.56. The van der Waals surface area contributed by atoms with Gasteiger partial charge in [0.05, 0.1) is 5.56 Å². The zero-order valence-electron chi connectivity index (χ0n) is 16.2. The zero-order chi connectivity index (χ0) is 21.7. The fourth-order valence-electron chi connectivity index (χ4n) is 3.00. The zero-order valence-corrected chi connectivity index (χ0v) is 16.2. The highest BCUT2D eigenvalue weighted by molar-refractivity contribution is 5.94. The smallest absolute Gasteiger partial charge is 0.280 e. The van der Waals surface area contributed by atoms with Crippen molar-refractivity contribution >= 4 is 11.7 Å². The van der Waals surface area contributed by atoms with Crippen LogP contribution in [-0.4, -0.2) is 48.6 Å². The third kappa shape index (κ3) is 4.86. The van der Waals surface area contributed by atoms with Crippen molar-refractivity contribution in [1.82, 2.24) is 24.5 Å². The van der Waals surface area contributed by atoms with Crippen molar-refractivity contribution in [2.75, 3.05) is 13.1 Å². The lowest BCUT2D eigenvalue weighted by Gasteiger charge is -2.30. The van der Waals surface area contributed by atoms with E-state index >= 15 is 0 Å². The molecule has 10 heteroatoms. The highest BCUT2D eigenvalue weighted by Gasteiger charge is 2.22. The molecular formula is C20H20F2N6O2. The van der Waals surface area contributed by atoms with Gasteiger partial charge in [-0.25, -0.2) is 18.3 Å². The number of likely N-dealkylation sites (tertiary alicyclic amines) is 1. The number of aromatic nitrogens is 4. The van der Waals surface area contributed by atoms with E-state index in [9.17, 15) is 18.7 Å². The van der Waals surface area contributed by atoms with E-state index in [4.69, 9.17) is 5.26 Å². The van der Waals surface area contributed by atoms with E-state index in [2.05, 4.69) is 22.0 Å². The summed E-state index contributed by atoms with van der Waals surface area (Å²) >= 11 is 0. The lowest BCUT2D eigenvalue weighted by Crippen LogP contribution is -2.37. The van der Waals surface area contributed by atoms with E-state index < -0.39 is 6.43 Å². The number of phenolic OH excluding ortho intramolecular Hbond substituents is 1. The second kappa shape index (κ2) is 9.26. The summed E-state index contributed by atoms with van der Waals surface area (Å²) in [7, 11) is 0. The van der Waals surface area contributed by atoms with Crippen LogP contribution in [-0.2, 0) is 0 Å². The Morgan fingerprint density at radius 3 is 2.70 bits per heavy atom. The van der Waals surface area contributed by atoms with Gasteiger partial charge in [-0.15, -0.1) is 0 Å². The monoisotopic (exact) mass is 414 g/mol. The molecule has 0 saturated carbocycles. The third-order valence-electron chi connectivity index (χ3n) is 4.83.